The van der Waals surface area contributed by atoms with Gasteiger partial charge in [0.15, 0.2) is 5.79 Å². The van der Waals surface area contributed by atoms with E-state index in [1.54, 1.807) is 0 Å². The molecule has 0 spiro atoms. The Morgan fingerprint density at radius 2 is 1.45 bits per heavy atom. The highest BCUT2D eigenvalue weighted by Gasteiger charge is 2.42. The molecule has 0 aromatic heterocycles. The van der Waals surface area contributed by atoms with Crippen LogP contribution in [0.1, 0.15) is 97.0 Å². The summed E-state index contributed by atoms with van der Waals surface area (Å²) in [6, 6.07) is 9.94. The van der Waals surface area contributed by atoms with Crippen LogP contribution in [0.2, 0.25) is 0 Å². The van der Waals surface area contributed by atoms with Gasteiger partial charge in [0.25, 0.3) is 0 Å². The standard InChI is InChI=1S/C26H46N2O3/c1-4-7-8-9-10-12-16-24(19-15-20-28-25(27)29)26(30-21-5-2,31-22-6-3)23-17-13-11-14-18-23/h11,13-14,17-18,24H,4-10,12,15-16,19-22H2,1-3H3,(H3,27,28,29). The second-order valence-corrected chi connectivity index (χ2v) is 8.42. The molecule has 1 unspecified atom stereocenters. The van der Waals surface area contributed by atoms with E-state index in [0.29, 0.717) is 19.8 Å². The van der Waals surface area contributed by atoms with Gasteiger partial charge in [-0.05, 0) is 32.1 Å². The number of urea groups is 1. The van der Waals surface area contributed by atoms with Gasteiger partial charge in [0, 0.05) is 18.0 Å². The number of rotatable bonds is 19. The molecule has 31 heavy (non-hydrogen) atoms. The summed E-state index contributed by atoms with van der Waals surface area (Å²) in [5.74, 6) is -0.530. The van der Waals surface area contributed by atoms with E-state index in [4.69, 9.17) is 15.2 Å². The fourth-order valence-electron chi connectivity index (χ4n) is 4.11. The summed E-state index contributed by atoms with van der Waals surface area (Å²) in [5.41, 5.74) is 6.35. The van der Waals surface area contributed by atoms with Gasteiger partial charge in [0.2, 0.25) is 0 Å². The van der Waals surface area contributed by atoms with Crippen molar-refractivity contribution in [1.29, 1.82) is 0 Å². The van der Waals surface area contributed by atoms with Crippen LogP contribution < -0.4 is 11.1 Å². The molecule has 1 aromatic rings. The lowest BCUT2D eigenvalue weighted by Gasteiger charge is -2.41. The molecule has 2 amide bonds. The topological polar surface area (TPSA) is 73.6 Å². The van der Waals surface area contributed by atoms with Crippen LogP contribution in [0.3, 0.4) is 0 Å². The van der Waals surface area contributed by atoms with E-state index in [9.17, 15) is 4.79 Å². The molecule has 5 heteroatoms. The lowest BCUT2D eigenvalue weighted by atomic mass is 9.83. The Labute approximate surface area is 190 Å². The van der Waals surface area contributed by atoms with Crippen molar-refractivity contribution >= 4 is 6.03 Å². The van der Waals surface area contributed by atoms with E-state index >= 15 is 0 Å². The number of primary amides is 1. The largest absolute Gasteiger partial charge is 0.352 e. The van der Waals surface area contributed by atoms with Crippen molar-refractivity contribution in [2.45, 2.75) is 97.2 Å². The highest BCUT2D eigenvalue weighted by atomic mass is 16.7. The Kier molecular flexibility index (Phi) is 15.1. The second-order valence-electron chi connectivity index (χ2n) is 8.42. The highest BCUT2D eigenvalue weighted by Crippen LogP contribution is 2.41. The fraction of sp³-hybridized carbons (Fsp3) is 0.731. The van der Waals surface area contributed by atoms with Crippen molar-refractivity contribution in [2.75, 3.05) is 19.8 Å². The molecule has 5 nitrogen and oxygen atoms in total. The lowest BCUT2D eigenvalue weighted by Crippen LogP contribution is -2.42. The molecule has 0 aliphatic rings. The van der Waals surface area contributed by atoms with Crippen molar-refractivity contribution in [3.05, 3.63) is 35.9 Å². The molecule has 0 heterocycles. The lowest BCUT2D eigenvalue weighted by molar-refractivity contribution is -0.281. The number of hydrogen-bond donors (Lipinski definition) is 2. The van der Waals surface area contributed by atoms with Crippen molar-refractivity contribution in [3.63, 3.8) is 0 Å². The van der Waals surface area contributed by atoms with Crippen LogP contribution in [0.15, 0.2) is 30.3 Å². The minimum absolute atomic E-state index is 0.217. The van der Waals surface area contributed by atoms with Gasteiger partial charge >= 0.3 is 6.03 Å². The van der Waals surface area contributed by atoms with Crippen LogP contribution >= 0.6 is 0 Å². The predicted octanol–water partition coefficient (Wildman–Crippen LogP) is 6.51. The van der Waals surface area contributed by atoms with E-state index in [2.05, 4.69) is 50.4 Å². The first kappa shape index (κ1) is 27.4. The van der Waals surface area contributed by atoms with E-state index < -0.39 is 11.8 Å². The molecule has 0 fully saturated rings. The van der Waals surface area contributed by atoms with Crippen molar-refractivity contribution < 1.29 is 14.3 Å². The van der Waals surface area contributed by atoms with Gasteiger partial charge in [-0.2, -0.15) is 0 Å². The Morgan fingerprint density at radius 3 is 2.03 bits per heavy atom. The summed E-state index contributed by atoms with van der Waals surface area (Å²) >= 11 is 0. The van der Waals surface area contributed by atoms with Crippen LogP contribution in [0, 0.1) is 5.92 Å². The van der Waals surface area contributed by atoms with E-state index in [1.807, 2.05) is 6.07 Å². The number of nitrogens with two attached hydrogens (primary N) is 1. The van der Waals surface area contributed by atoms with Crippen molar-refractivity contribution in [3.8, 4) is 0 Å². The minimum Gasteiger partial charge on any atom is -0.352 e. The molecular weight excluding hydrogens is 388 g/mol. The SMILES string of the molecule is CCCCCCCCC(CCCNC(N)=O)C(OCCC)(OCCC)c1ccccc1. The highest BCUT2D eigenvalue weighted by molar-refractivity contribution is 5.71. The Balaban J connectivity index is 3.05. The fourth-order valence-corrected chi connectivity index (χ4v) is 4.11. The quantitative estimate of drug-likeness (QED) is 0.193. The molecule has 1 atom stereocenters. The summed E-state index contributed by atoms with van der Waals surface area (Å²) in [5, 5.41) is 2.73. The van der Waals surface area contributed by atoms with Gasteiger partial charge in [0.05, 0.1) is 13.2 Å². The van der Waals surface area contributed by atoms with Gasteiger partial charge in [-0.25, -0.2) is 4.79 Å². The van der Waals surface area contributed by atoms with Gasteiger partial charge in [-0.15, -0.1) is 0 Å². The Bertz CT molecular complexity index is 557. The monoisotopic (exact) mass is 434 g/mol. The molecular formula is C26H46N2O3. The minimum atomic E-state index is -0.747. The van der Waals surface area contributed by atoms with Gasteiger partial charge in [-0.3, -0.25) is 0 Å². The number of unbranched alkanes of at least 4 members (excludes halogenated alkanes) is 5. The van der Waals surface area contributed by atoms with Gasteiger partial charge in [0.1, 0.15) is 0 Å². The Hall–Kier alpha value is -1.59. The second kappa shape index (κ2) is 17.0. The summed E-state index contributed by atoms with van der Waals surface area (Å²) in [4.78, 5) is 11.1. The average molecular weight is 435 g/mol. The summed E-state index contributed by atoms with van der Waals surface area (Å²) in [7, 11) is 0. The average Bonchev–Trinajstić information content (AvgIpc) is 2.78. The third-order valence-corrected chi connectivity index (χ3v) is 5.69. The van der Waals surface area contributed by atoms with Crippen LogP contribution in [0.5, 0.6) is 0 Å². The van der Waals surface area contributed by atoms with Gasteiger partial charge < -0.3 is 20.5 Å². The van der Waals surface area contributed by atoms with E-state index in [1.165, 1.54) is 32.1 Å². The van der Waals surface area contributed by atoms with Crippen LogP contribution in [0.25, 0.3) is 0 Å². The van der Waals surface area contributed by atoms with Crippen LogP contribution in [-0.4, -0.2) is 25.8 Å². The van der Waals surface area contributed by atoms with Crippen LogP contribution in [-0.2, 0) is 15.3 Å². The third kappa shape index (κ3) is 10.5. The molecule has 3 N–H and O–H groups in total. The number of hydrogen-bond acceptors (Lipinski definition) is 3. The number of carbonyl (C=O) groups is 1. The number of carbonyl (C=O) groups excluding carboxylic acids is 1. The number of ether oxygens (including phenoxy) is 2. The molecule has 1 rings (SSSR count). The third-order valence-electron chi connectivity index (χ3n) is 5.69. The van der Waals surface area contributed by atoms with E-state index in [-0.39, 0.29) is 5.92 Å². The number of nitrogens with one attached hydrogen (secondary N) is 1. The van der Waals surface area contributed by atoms with Crippen molar-refractivity contribution in [1.82, 2.24) is 5.32 Å². The molecule has 0 saturated carbocycles. The molecule has 0 radical (unpaired) electrons. The number of benzene rings is 1. The van der Waals surface area contributed by atoms with Crippen LogP contribution in [0.4, 0.5) is 4.79 Å². The first-order valence-electron chi connectivity index (χ1n) is 12.5. The summed E-state index contributed by atoms with van der Waals surface area (Å²) in [6.07, 6.45) is 12.3. The molecule has 0 bridgehead atoms. The molecule has 1 aromatic carbocycles. The smallest absolute Gasteiger partial charge is 0.312 e. The zero-order valence-corrected chi connectivity index (χ0v) is 20.2. The maximum Gasteiger partial charge on any atom is 0.312 e. The zero-order chi connectivity index (χ0) is 22.8. The first-order chi connectivity index (χ1) is 15.1. The summed E-state index contributed by atoms with van der Waals surface area (Å²) < 4.78 is 13.1. The molecule has 0 saturated heterocycles. The molecule has 0 aliphatic heterocycles. The van der Waals surface area contributed by atoms with Gasteiger partial charge in [-0.1, -0.05) is 89.6 Å². The normalized spacial score (nSPS) is 12.6. The Morgan fingerprint density at radius 1 is 0.871 bits per heavy atom. The maximum absolute atomic E-state index is 11.1. The number of amides is 2. The first-order valence-corrected chi connectivity index (χ1v) is 12.5. The molecule has 178 valence electrons. The zero-order valence-electron chi connectivity index (χ0n) is 20.2. The predicted molar refractivity (Wildman–Crippen MR) is 129 cm³/mol. The molecule has 0 aliphatic carbocycles. The summed E-state index contributed by atoms with van der Waals surface area (Å²) in [6.45, 7) is 8.41. The van der Waals surface area contributed by atoms with E-state index in [0.717, 1.165) is 44.1 Å². The van der Waals surface area contributed by atoms with Crippen molar-refractivity contribution in [2.24, 2.45) is 11.7 Å². The maximum atomic E-state index is 11.1.